The van der Waals surface area contributed by atoms with Crippen molar-refractivity contribution in [1.29, 1.82) is 0 Å². The molecule has 1 amide bonds. The van der Waals surface area contributed by atoms with E-state index in [2.05, 4.69) is 78.1 Å². The first-order chi connectivity index (χ1) is 22.8. The topological polar surface area (TPSA) is 99.1 Å². The zero-order valence-corrected chi connectivity index (χ0v) is 27.0. The van der Waals surface area contributed by atoms with Crippen LogP contribution in [0.4, 0.5) is 5.69 Å². The molecule has 238 valence electrons. The molecule has 2 saturated heterocycles. The maximum Gasteiger partial charge on any atom is 0.234 e. The van der Waals surface area contributed by atoms with Gasteiger partial charge >= 0.3 is 0 Å². The molecule has 2 aromatic carbocycles. The van der Waals surface area contributed by atoms with Crippen LogP contribution in [0.1, 0.15) is 30.5 Å². The molecule has 3 aromatic heterocycles. The lowest BCUT2D eigenvalue weighted by Gasteiger charge is -2.32. The van der Waals surface area contributed by atoms with Gasteiger partial charge in [0.05, 0.1) is 10.9 Å². The summed E-state index contributed by atoms with van der Waals surface area (Å²) in [5, 5.41) is 13.2. The van der Waals surface area contributed by atoms with Crippen molar-refractivity contribution in [1.82, 2.24) is 39.7 Å². The van der Waals surface area contributed by atoms with Gasteiger partial charge in [0.1, 0.15) is 12.0 Å². The fourth-order valence-corrected chi connectivity index (χ4v) is 7.50. The first kappa shape index (κ1) is 29.3. The molecule has 8 rings (SSSR count). The third-order valence-corrected chi connectivity index (χ3v) is 10.1. The van der Waals surface area contributed by atoms with Crippen molar-refractivity contribution in [2.45, 2.75) is 26.2 Å². The van der Waals surface area contributed by atoms with Gasteiger partial charge in [-0.25, -0.2) is 4.98 Å². The van der Waals surface area contributed by atoms with Gasteiger partial charge < -0.3 is 9.80 Å². The molecule has 0 bridgehead atoms. The van der Waals surface area contributed by atoms with E-state index in [1.54, 1.807) is 11.0 Å². The number of anilines is 1. The number of H-pyrrole nitrogens is 1. The molecule has 1 atom stereocenters. The van der Waals surface area contributed by atoms with Crippen molar-refractivity contribution in [2.24, 2.45) is 12.5 Å². The van der Waals surface area contributed by atoms with E-state index >= 15 is 0 Å². The zero-order valence-electron chi connectivity index (χ0n) is 27.0. The summed E-state index contributed by atoms with van der Waals surface area (Å²) in [6.07, 6.45) is 8.59. The number of amides is 1. The molecule has 0 unspecified atom stereocenters. The Hall–Kier alpha value is -5.09. The molecule has 1 N–H and O–H groups in total. The van der Waals surface area contributed by atoms with Gasteiger partial charge in [0.15, 0.2) is 5.82 Å². The number of likely N-dealkylation sites (tertiary alicyclic amines) is 1. The Morgan fingerprint density at radius 1 is 0.979 bits per heavy atom. The number of nitrogens with one attached hydrogen (secondary N) is 1. The number of carbonyl (C=O) groups excluding carboxylic acids is 1. The van der Waals surface area contributed by atoms with Crippen LogP contribution < -0.4 is 4.90 Å². The number of hydrogen-bond donors (Lipinski definition) is 1. The Morgan fingerprint density at radius 2 is 1.81 bits per heavy atom. The van der Waals surface area contributed by atoms with Gasteiger partial charge in [0.2, 0.25) is 5.91 Å². The van der Waals surface area contributed by atoms with Crippen LogP contribution in [0.25, 0.3) is 39.1 Å². The number of aromatic amines is 1. The van der Waals surface area contributed by atoms with E-state index in [1.807, 2.05) is 49.3 Å². The molecule has 5 aromatic rings. The van der Waals surface area contributed by atoms with Gasteiger partial charge in [0, 0.05) is 79.6 Å². The molecule has 47 heavy (non-hydrogen) atoms. The quantitative estimate of drug-likeness (QED) is 0.257. The second kappa shape index (κ2) is 11.6. The summed E-state index contributed by atoms with van der Waals surface area (Å²) >= 11 is 0. The summed E-state index contributed by atoms with van der Waals surface area (Å²) in [5.74, 6) is 0.987. The highest BCUT2D eigenvalue weighted by Crippen LogP contribution is 2.43. The largest absolute Gasteiger partial charge is 0.370 e. The molecule has 0 aliphatic carbocycles. The lowest BCUT2D eigenvalue weighted by molar-refractivity contribution is -0.125. The number of fused-ring (bicyclic) bond motifs is 1. The SMILES string of the molecule is C=C(CN1CC[C@@]2(CCN(c3ccc4[nH]nc(-c5ccnc(C)c5)c4c3)C2=O)C1)N1CC=C(c2ccc(-c3ncn(C)n3)cc2)CC1. The van der Waals surface area contributed by atoms with Crippen LogP contribution in [0.15, 0.2) is 85.5 Å². The first-order valence-electron chi connectivity index (χ1n) is 16.4. The third kappa shape index (κ3) is 5.42. The minimum atomic E-state index is -0.331. The first-order valence-corrected chi connectivity index (χ1v) is 16.4. The maximum atomic E-state index is 14.0. The molecule has 2 fully saturated rings. The highest BCUT2D eigenvalue weighted by Gasteiger charge is 2.51. The zero-order chi connectivity index (χ0) is 32.1. The van der Waals surface area contributed by atoms with Crippen molar-refractivity contribution in [3.05, 3.63) is 96.7 Å². The van der Waals surface area contributed by atoms with Gasteiger partial charge in [-0.05, 0) is 74.2 Å². The number of hydrogen-bond acceptors (Lipinski definition) is 7. The van der Waals surface area contributed by atoms with Gasteiger partial charge in [0.25, 0.3) is 0 Å². The summed E-state index contributed by atoms with van der Waals surface area (Å²) < 4.78 is 1.72. The lowest BCUT2D eigenvalue weighted by Crippen LogP contribution is -2.38. The van der Waals surface area contributed by atoms with Crippen molar-refractivity contribution >= 4 is 28.1 Å². The van der Waals surface area contributed by atoms with Gasteiger partial charge in [-0.3, -0.25) is 24.5 Å². The normalized spacial score (nSPS) is 20.1. The van der Waals surface area contributed by atoms with E-state index in [0.29, 0.717) is 0 Å². The second-order valence-corrected chi connectivity index (χ2v) is 13.2. The predicted molar refractivity (Wildman–Crippen MR) is 184 cm³/mol. The van der Waals surface area contributed by atoms with E-state index in [-0.39, 0.29) is 11.3 Å². The predicted octanol–water partition coefficient (Wildman–Crippen LogP) is 5.46. The highest BCUT2D eigenvalue weighted by atomic mass is 16.2. The number of rotatable bonds is 7. The summed E-state index contributed by atoms with van der Waals surface area (Å²) in [6, 6.07) is 18.7. The highest BCUT2D eigenvalue weighted by molar-refractivity contribution is 6.03. The smallest absolute Gasteiger partial charge is 0.234 e. The average molecular weight is 626 g/mol. The molecule has 3 aliphatic rings. The number of carbonyl (C=O) groups is 1. The van der Waals surface area contributed by atoms with Gasteiger partial charge in [-0.15, -0.1) is 0 Å². The van der Waals surface area contributed by atoms with Crippen LogP contribution in [-0.2, 0) is 11.8 Å². The van der Waals surface area contributed by atoms with Crippen LogP contribution >= 0.6 is 0 Å². The van der Waals surface area contributed by atoms with Crippen LogP contribution in [0.5, 0.6) is 0 Å². The summed E-state index contributed by atoms with van der Waals surface area (Å²) in [7, 11) is 1.88. The van der Waals surface area contributed by atoms with E-state index in [9.17, 15) is 4.79 Å². The Bertz CT molecular complexity index is 2020. The van der Waals surface area contributed by atoms with Gasteiger partial charge in [-0.2, -0.15) is 10.2 Å². The molecular weight excluding hydrogens is 586 g/mol. The van der Waals surface area contributed by atoms with Crippen LogP contribution in [0.2, 0.25) is 0 Å². The summed E-state index contributed by atoms with van der Waals surface area (Å²) in [5.41, 5.74) is 9.18. The minimum absolute atomic E-state index is 0.241. The van der Waals surface area contributed by atoms with Crippen molar-refractivity contribution < 1.29 is 4.79 Å². The Kier molecular flexibility index (Phi) is 7.24. The summed E-state index contributed by atoms with van der Waals surface area (Å²) in [6.45, 7) is 11.5. The molecule has 0 saturated carbocycles. The van der Waals surface area contributed by atoms with Crippen molar-refractivity contribution in [3.8, 4) is 22.6 Å². The fourth-order valence-electron chi connectivity index (χ4n) is 7.50. The average Bonchev–Trinajstić information content (AvgIpc) is 3.88. The second-order valence-electron chi connectivity index (χ2n) is 13.2. The van der Waals surface area contributed by atoms with E-state index in [0.717, 1.165) is 109 Å². The monoisotopic (exact) mass is 625 g/mol. The van der Waals surface area contributed by atoms with E-state index < -0.39 is 0 Å². The van der Waals surface area contributed by atoms with Crippen LogP contribution in [-0.4, -0.2) is 84.9 Å². The number of aromatic nitrogens is 6. The Labute approximate surface area is 274 Å². The number of nitrogens with zero attached hydrogens (tertiary/aromatic N) is 8. The molecule has 10 heteroatoms. The molecular formula is C37H39N9O. The third-order valence-electron chi connectivity index (χ3n) is 10.1. The van der Waals surface area contributed by atoms with Crippen molar-refractivity contribution in [3.63, 3.8) is 0 Å². The van der Waals surface area contributed by atoms with Crippen LogP contribution in [0, 0.1) is 12.3 Å². The maximum absolute atomic E-state index is 14.0. The molecule has 3 aliphatic heterocycles. The lowest BCUT2D eigenvalue weighted by atomic mass is 9.85. The van der Waals surface area contributed by atoms with E-state index in [1.165, 1.54) is 11.1 Å². The molecule has 10 nitrogen and oxygen atoms in total. The molecule has 1 spiro atoms. The number of aryl methyl sites for hydroxylation is 2. The van der Waals surface area contributed by atoms with Crippen LogP contribution in [0.3, 0.4) is 0 Å². The number of pyridine rings is 1. The summed E-state index contributed by atoms with van der Waals surface area (Å²) in [4.78, 5) is 29.5. The standard InChI is InChI=1S/C37H39N9O/c1-25-20-30(10-15-38-25)34-32-21-31(8-9-33(32)40-41-34)46-19-14-37(36(46)47)13-18-44(23-37)22-26(2)45-16-11-28(12-17-45)27-4-6-29(7-5-27)35-39-24-43(3)42-35/h4-11,15,20-21,24H,2,12-14,16-19,22-23H2,1,3H3,(H,40,41)/t37-/m1/s1. The van der Waals surface area contributed by atoms with Crippen molar-refractivity contribution in [2.75, 3.05) is 44.2 Å². The fraction of sp³-hybridized carbons (Fsp3) is 0.324. The number of benzene rings is 2. The Morgan fingerprint density at radius 3 is 2.57 bits per heavy atom. The minimum Gasteiger partial charge on any atom is -0.370 e. The van der Waals surface area contributed by atoms with Gasteiger partial charge in [-0.1, -0.05) is 36.9 Å². The Balaban J connectivity index is 0.896. The molecule has 6 heterocycles. The molecule has 0 radical (unpaired) electrons. The van der Waals surface area contributed by atoms with E-state index in [4.69, 9.17) is 0 Å².